The summed E-state index contributed by atoms with van der Waals surface area (Å²) in [4.78, 5) is 15.7. The predicted molar refractivity (Wildman–Crippen MR) is 112 cm³/mol. The maximum Gasteiger partial charge on any atom is 0.150 e. The summed E-state index contributed by atoms with van der Waals surface area (Å²) in [5.74, 6) is 7.18. The second kappa shape index (κ2) is 7.77. The average Bonchev–Trinajstić information content (AvgIpc) is 2.77. The lowest BCUT2D eigenvalue weighted by Crippen LogP contribution is -1.88. The lowest BCUT2D eigenvalue weighted by Gasteiger charge is -2.04. The van der Waals surface area contributed by atoms with Gasteiger partial charge in [0, 0.05) is 27.6 Å². The third-order valence-corrected chi connectivity index (χ3v) is 4.45. The molecule has 0 amide bonds. The topological polar surface area (TPSA) is 39.2 Å². The van der Waals surface area contributed by atoms with E-state index < -0.39 is 0 Å². The number of aromatic nitrogens is 1. The zero-order valence-corrected chi connectivity index (χ0v) is 15.3. The molecule has 0 bridgehead atoms. The van der Waals surface area contributed by atoms with Gasteiger partial charge in [0.1, 0.15) is 12.0 Å². The molecule has 0 spiro atoms. The van der Waals surface area contributed by atoms with Crippen molar-refractivity contribution in [1.29, 1.82) is 0 Å². The molecule has 0 saturated carbocycles. The molecule has 0 N–H and O–H groups in total. The Morgan fingerprint density at radius 3 is 2.43 bits per heavy atom. The van der Waals surface area contributed by atoms with Crippen molar-refractivity contribution in [3.05, 3.63) is 95.6 Å². The third-order valence-electron chi connectivity index (χ3n) is 4.45. The van der Waals surface area contributed by atoms with Gasteiger partial charge in [-0.3, -0.25) is 4.79 Å². The van der Waals surface area contributed by atoms with Crippen LogP contribution in [0.4, 0.5) is 0 Å². The van der Waals surface area contributed by atoms with E-state index in [1.54, 1.807) is 13.2 Å². The molecule has 1 aromatic heterocycles. The summed E-state index contributed by atoms with van der Waals surface area (Å²) >= 11 is 0. The highest BCUT2D eigenvalue weighted by Gasteiger charge is 2.03. The van der Waals surface area contributed by atoms with Gasteiger partial charge in [-0.2, -0.15) is 0 Å². The molecular weight excluding hydrogens is 346 g/mol. The van der Waals surface area contributed by atoms with Crippen LogP contribution < -0.4 is 4.74 Å². The zero-order chi connectivity index (χ0) is 19.3. The first-order chi connectivity index (χ1) is 13.7. The van der Waals surface area contributed by atoms with E-state index in [1.807, 2.05) is 72.8 Å². The fraction of sp³-hybridized carbons (Fsp3) is 0.0400. The van der Waals surface area contributed by atoms with Gasteiger partial charge >= 0.3 is 0 Å². The minimum atomic E-state index is 0.642. The van der Waals surface area contributed by atoms with Gasteiger partial charge in [-0.25, -0.2) is 4.98 Å². The van der Waals surface area contributed by atoms with Gasteiger partial charge < -0.3 is 4.74 Å². The number of aldehydes is 1. The molecule has 3 nitrogen and oxygen atoms in total. The van der Waals surface area contributed by atoms with E-state index in [9.17, 15) is 4.79 Å². The lowest BCUT2D eigenvalue weighted by atomic mass is 10.1. The molecule has 0 aliphatic rings. The first kappa shape index (κ1) is 17.5. The van der Waals surface area contributed by atoms with Crippen LogP contribution in [0.15, 0.2) is 78.9 Å². The van der Waals surface area contributed by atoms with Crippen molar-refractivity contribution in [2.45, 2.75) is 0 Å². The Balaban J connectivity index is 1.63. The fourth-order valence-electron chi connectivity index (χ4n) is 2.95. The maximum atomic E-state index is 11.0. The highest BCUT2D eigenvalue weighted by atomic mass is 16.5. The van der Waals surface area contributed by atoms with Crippen LogP contribution in [0.5, 0.6) is 5.75 Å². The average molecular weight is 363 g/mol. The smallest absolute Gasteiger partial charge is 0.150 e. The number of carbonyl (C=O) groups excluding carboxylic acids is 1. The number of methoxy groups -OCH3 is 1. The summed E-state index contributed by atoms with van der Waals surface area (Å²) < 4.78 is 5.16. The summed E-state index contributed by atoms with van der Waals surface area (Å²) in [7, 11) is 1.65. The Morgan fingerprint density at radius 1 is 0.857 bits per heavy atom. The summed E-state index contributed by atoms with van der Waals surface area (Å²) in [6.45, 7) is 0. The number of hydrogen-bond acceptors (Lipinski definition) is 3. The summed E-state index contributed by atoms with van der Waals surface area (Å²) in [5, 5.41) is 1.02. The van der Waals surface area contributed by atoms with Crippen molar-refractivity contribution < 1.29 is 9.53 Å². The van der Waals surface area contributed by atoms with Crippen LogP contribution in [0.1, 0.15) is 21.5 Å². The van der Waals surface area contributed by atoms with Crippen LogP contribution in [0.3, 0.4) is 0 Å². The standard InChI is InChI=1S/C25H17NO2/c1-28-23-11-7-18(8-12-23)5-6-19-9-13-24-22(15-19)10-14-25(26-24)21-4-2-3-20(16-21)17-27/h2-4,7-17H,1H3. The van der Waals surface area contributed by atoms with Crippen molar-refractivity contribution in [3.63, 3.8) is 0 Å². The first-order valence-electron chi connectivity index (χ1n) is 8.88. The molecule has 0 saturated heterocycles. The molecule has 3 aromatic carbocycles. The number of hydrogen-bond donors (Lipinski definition) is 0. The SMILES string of the molecule is COc1ccc(C#Cc2ccc3nc(-c4cccc(C=O)c4)ccc3c2)cc1. The Hall–Kier alpha value is -3.90. The first-order valence-corrected chi connectivity index (χ1v) is 8.88. The van der Waals surface area contributed by atoms with Crippen molar-refractivity contribution in [1.82, 2.24) is 4.98 Å². The van der Waals surface area contributed by atoms with Crippen LogP contribution in [0, 0.1) is 11.8 Å². The number of fused-ring (bicyclic) bond motifs is 1. The molecule has 0 fully saturated rings. The molecule has 0 aliphatic carbocycles. The number of ether oxygens (including phenoxy) is 1. The van der Waals surface area contributed by atoms with Gasteiger partial charge in [-0.05, 0) is 54.6 Å². The number of nitrogens with zero attached hydrogens (tertiary/aromatic N) is 1. The van der Waals surface area contributed by atoms with Crippen molar-refractivity contribution in [2.75, 3.05) is 7.11 Å². The van der Waals surface area contributed by atoms with E-state index in [2.05, 4.69) is 11.8 Å². The van der Waals surface area contributed by atoms with E-state index in [0.717, 1.165) is 45.3 Å². The molecule has 0 atom stereocenters. The molecule has 0 radical (unpaired) electrons. The van der Waals surface area contributed by atoms with Gasteiger partial charge in [0.05, 0.1) is 18.3 Å². The molecule has 0 unspecified atom stereocenters. The predicted octanol–water partition coefficient (Wildman–Crippen LogP) is 5.12. The molecule has 28 heavy (non-hydrogen) atoms. The van der Waals surface area contributed by atoms with E-state index in [4.69, 9.17) is 9.72 Å². The minimum absolute atomic E-state index is 0.642. The van der Waals surface area contributed by atoms with Gasteiger partial charge in [0.25, 0.3) is 0 Å². The lowest BCUT2D eigenvalue weighted by molar-refractivity contribution is 0.112. The van der Waals surface area contributed by atoms with Crippen molar-refractivity contribution >= 4 is 17.2 Å². The van der Waals surface area contributed by atoms with Crippen molar-refractivity contribution in [2.24, 2.45) is 0 Å². The highest BCUT2D eigenvalue weighted by Crippen LogP contribution is 2.22. The van der Waals surface area contributed by atoms with Gasteiger partial charge in [-0.1, -0.05) is 36.1 Å². The second-order valence-corrected chi connectivity index (χ2v) is 6.33. The summed E-state index contributed by atoms with van der Waals surface area (Å²) in [5.41, 5.74) is 5.17. The Labute approximate surface area is 163 Å². The Bertz CT molecular complexity index is 1210. The Kier molecular flexibility index (Phi) is 4.86. The molecule has 4 aromatic rings. The summed E-state index contributed by atoms with van der Waals surface area (Å²) in [6.07, 6.45) is 0.846. The summed E-state index contributed by atoms with van der Waals surface area (Å²) in [6, 6.07) is 25.1. The van der Waals surface area contributed by atoms with Crippen LogP contribution >= 0.6 is 0 Å². The minimum Gasteiger partial charge on any atom is -0.497 e. The fourth-order valence-corrected chi connectivity index (χ4v) is 2.95. The molecule has 134 valence electrons. The molecule has 0 aliphatic heterocycles. The van der Waals surface area contributed by atoms with Crippen LogP contribution in [-0.4, -0.2) is 18.4 Å². The van der Waals surface area contributed by atoms with Crippen LogP contribution in [-0.2, 0) is 0 Å². The monoisotopic (exact) mass is 363 g/mol. The third kappa shape index (κ3) is 3.77. The van der Waals surface area contributed by atoms with Gasteiger partial charge in [0.2, 0.25) is 0 Å². The molecule has 3 heteroatoms. The Morgan fingerprint density at radius 2 is 1.64 bits per heavy atom. The quantitative estimate of drug-likeness (QED) is 0.374. The van der Waals surface area contributed by atoms with E-state index in [1.165, 1.54) is 0 Å². The van der Waals surface area contributed by atoms with E-state index in [0.29, 0.717) is 5.56 Å². The number of benzene rings is 3. The normalized spacial score (nSPS) is 10.2. The maximum absolute atomic E-state index is 11.0. The zero-order valence-electron chi connectivity index (χ0n) is 15.3. The van der Waals surface area contributed by atoms with Crippen LogP contribution in [0.2, 0.25) is 0 Å². The van der Waals surface area contributed by atoms with Crippen molar-refractivity contribution in [3.8, 4) is 28.8 Å². The highest BCUT2D eigenvalue weighted by molar-refractivity contribution is 5.84. The largest absolute Gasteiger partial charge is 0.497 e. The number of pyridine rings is 1. The second-order valence-electron chi connectivity index (χ2n) is 6.33. The van der Waals surface area contributed by atoms with Crippen LogP contribution in [0.25, 0.3) is 22.2 Å². The van der Waals surface area contributed by atoms with E-state index >= 15 is 0 Å². The molecule has 4 rings (SSSR count). The molecular formula is C25H17NO2. The van der Waals surface area contributed by atoms with E-state index in [-0.39, 0.29) is 0 Å². The van der Waals surface area contributed by atoms with Gasteiger partial charge in [-0.15, -0.1) is 0 Å². The number of carbonyl (C=O) groups is 1. The molecule has 1 heterocycles. The van der Waals surface area contributed by atoms with Gasteiger partial charge in [0.15, 0.2) is 0 Å². The number of rotatable bonds is 3.